The quantitative estimate of drug-likeness (QED) is 0.366. The first kappa shape index (κ1) is 26.9. The van der Waals surface area contributed by atoms with Crippen LogP contribution in [0.5, 0.6) is 5.75 Å². The number of methoxy groups -OCH3 is 1. The normalized spacial score (nSPS) is 15.9. The van der Waals surface area contributed by atoms with Gasteiger partial charge >= 0.3 is 0 Å². The van der Waals surface area contributed by atoms with Crippen LogP contribution in [0.2, 0.25) is 0 Å². The molecule has 2 aliphatic heterocycles. The Morgan fingerprint density at radius 1 is 0.692 bits per heavy atom. The molecule has 3 aromatic carbocycles. The topological polar surface area (TPSA) is 73.9 Å². The summed E-state index contributed by atoms with van der Waals surface area (Å²) < 4.78 is 5.73. The number of amides is 2. The van der Waals surface area contributed by atoms with Crippen molar-refractivity contribution in [2.45, 2.75) is 31.6 Å². The summed E-state index contributed by atoms with van der Waals surface area (Å²) in [6, 6.07) is 24.2. The fourth-order valence-corrected chi connectivity index (χ4v) is 5.66. The number of rotatable bonds is 10. The van der Waals surface area contributed by atoms with E-state index < -0.39 is 0 Å². The zero-order valence-electron chi connectivity index (χ0n) is 22.7. The minimum Gasteiger partial charge on any atom is -0.496 e. The van der Waals surface area contributed by atoms with E-state index in [2.05, 4.69) is 50.8 Å². The zero-order chi connectivity index (χ0) is 27.0. The highest BCUT2D eigenvalue weighted by Crippen LogP contribution is 2.38. The molecule has 7 heteroatoms. The first-order valence-electron chi connectivity index (χ1n) is 14.0. The maximum Gasteiger partial charge on any atom is 0.238 e. The maximum atomic E-state index is 12.5. The Morgan fingerprint density at radius 2 is 1.13 bits per heavy atom. The Labute approximate surface area is 231 Å². The lowest BCUT2D eigenvalue weighted by molar-refractivity contribution is -0.117. The third-order valence-corrected chi connectivity index (χ3v) is 7.64. The Bertz CT molecular complexity index is 1170. The van der Waals surface area contributed by atoms with E-state index in [9.17, 15) is 9.59 Å². The molecule has 2 aliphatic rings. The molecule has 2 heterocycles. The van der Waals surface area contributed by atoms with Gasteiger partial charge in [-0.05, 0) is 93.3 Å². The predicted molar refractivity (Wildman–Crippen MR) is 155 cm³/mol. The van der Waals surface area contributed by atoms with Gasteiger partial charge in [0, 0.05) is 22.9 Å². The van der Waals surface area contributed by atoms with Crippen LogP contribution >= 0.6 is 0 Å². The Kier molecular flexibility index (Phi) is 8.91. The van der Waals surface area contributed by atoms with Gasteiger partial charge in [0.2, 0.25) is 11.8 Å². The predicted octanol–water partition coefficient (Wildman–Crippen LogP) is 4.94. The molecule has 2 fully saturated rings. The lowest BCUT2D eigenvalue weighted by Gasteiger charge is -2.22. The van der Waals surface area contributed by atoms with E-state index in [-0.39, 0.29) is 17.7 Å². The third-order valence-electron chi connectivity index (χ3n) is 7.64. The van der Waals surface area contributed by atoms with Crippen LogP contribution in [0.25, 0.3) is 0 Å². The summed E-state index contributed by atoms with van der Waals surface area (Å²) in [5.74, 6) is 0.778. The number of nitrogens with one attached hydrogen (secondary N) is 2. The van der Waals surface area contributed by atoms with E-state index in [1.165, 1.54) is 0 Å². The van der Waals surface area contributed by atoms with Gasteiger partial charge < -0.3 is 15.4 Å². The van der Waals surface area contributed by atoms with Gasteiger partial charge in [0.05, 0.1) is 20.2 Å². The highest BCUT2D eigenvalue weighted by molar-refractivity contribution is 5.92. The minimum atomic E-state index is -0.0788. The number of anilines is 2. The average Bonchev–Trinajstić information content (AvgIpc) is 3.66. The van der Waals surface area contributed by atoms with Gasteiger partial charge in [-0.25, -0.2) is 0 Å². The summed E-state index contributed by atoms with van der Waals surface area (Å²) in [4.78, 5) is 29.4. The first-order valence-corrected chi connectivity index (χ1v) is 14.0. The van der Waals surface area contributed by atoms with Crippen LogP contribution < -0.4 is 15.4 Å². The molecule has 3 aromatic rings. The number of ether oxygens (including phenoxy) is 1. The lowest BCUT2D eigenvalue weighted by Crippen LogP contribution is -2.30. The van der Waals surface area contributed by atoms with E-state index >= 15 is 0 Å². The fourth-order valence-electron chi connectivity index (χ4n) is 5.66. The van der Waals surface area contributed by atoms with E-state index in [0.717, 1.165) is 85.7 Å². The largest absolute Gasteiger partial charge is 0.496 e. The van der Waals surface area contributed by atoms with Gasteiger partial charge in [0.1, 0.15) is 5.75 Å². The SMILES string of the molecule is COc1ccccc1C(c1ccc(NC(=O)CN2CCCC2)cc1)c1ccc(NC(=O)CN2CCCC2)cc1. The second-order valence-electron chi connectivity index (χ2n) is 10.5. The summed E-state index contributed by atoms with van der Waals surface area (Å²) in [5.41, 5.74) is 4.80. The highest BCUT2D eigenvalue weighted by atomic mass is 16.5. The molecule has 2 saturated heterocycles. The molecule has 0 unspecified atom stereocenters. The minimum absolute atomic E-state index is 0.0216. The molecule has 5 rings (SSSR count). The van der Waals surface area contributed by atoms with Crippen molar-refractivity contribution in [1.82, 2.24) is 9.80 Å². The lowest BCUT2D eigenvalue weighted by atomic mass is 9.84. The van der Waals surface area contributed by atoms with Crippen molar-refractivity contribution in [3.63, 3.8) is 0 Å². The van der Waals surface area contributed by atoms with Crippen LogP contribution in [0.1, 0.15) is 48.3 Å². The molecule has 0 bridgehead atoms. The number of carbonyl (C=O) groups is 2. The molecular formula is C32H38N4O3. The van der Waals surface area contributed by atoms with Gasteiger partial charge in [0.15, 0.2) is 0 Å². The number of benzene rings is 3. The van der Waals surface area contributed by atoms with Crippen LogP contribution in [-0.4, -0.2) is 68.0 Å². The second kappa shape index (κ2) is 12.9. The molecule has 0 saturated carbocycles. The van der Waals surface area contributed by atoms with E-state index in [0.29, 0.717) is 13.1 Å². The van der Waals surface area contributed by atoms with E-state index in [1.807, 2.05) is 42.5 Å². The fraction of sp³-hybridized carbons (Fsp3) is 0.375. The van der Waals surface area contributed by atoms with Crippen LogP contribution in [0, 0.1) is 0 Å². The molecular weight excluding hydrogens is 488 g/mol. The van der Waals surface area contributed by atoms with E-state index in [1.54, 1.807) is 7.11 Å². The number of hydrogen-bond acceptors (Lipinski definition) is 5. The number of likely N-dealkylation sites (tertiary alicyclic amines) is 2. The molecule has 2 N–H and O–H groups in total. The molecule has 0 aliphatic carbocycles. The standard InChI is InChI=1S/C32H38N4O3/c1-39-29-9-3-2-8-28(29)32(24-10-14-26(15-11-24)33-30(37)22-35-18-4-5-19-35)25-12-16-27(17-13-25)34-31(38)23-36-20-6-7-21-36/h2-3,8-17,32H,4-7,18-23H2,1H3,(H,33,37)(H,34,38). The van der Waals surface area contributed by atoms with Gasteiger partial charge in [0.25, 0.3) is 0 Å². The smallest absolute Gasteiger partial charge is 0.238 e. The number of hydrogen-bond donors (Lipinski definition) is 2. The van der Waals surface area contributed by atoms with E-state index in [4.69, 9.17) is 4.74 Å². The van der Waals surface area contributed by atoms with Gasteiger partial charge in [-0.3, -0.25) is 19.4 Å². The van der Waals surface area contributed by atoms with Crippen molar-refractivity contribution in [2.75, 3.05) is 57.0 Å². The molecule has 0 spiro atoms. The zero-order valence-corrected chi connectivity index (χ0v) is 22.7. The van der Waals surface area contributed by atoms with Crippen molar-refractivity contribution in [1.29, 1.82) is 0 Å². The number of nitrogens with zero attached hydrogens (tertiary/aromatic N) is 2. The van der Waals surface area contributed by atoms with Crippen molar-refractivity contribution < 1.29 is 14.3 Å². The summed E-state index contributed by atoms with van der Waals surface area (Å²) in [6.07, 6.45) is 4.66. The van der Waals surface area contributed by atoms with Gasteiger partial charge in [-0.1, -0.05) is 42.5 Å². The molecule has 0 atom stereocenters. The molecule has 39 heavy (non-hydrogen) atoms. The average molecular weight is 527 g/mol. The van der Waals surface area contributed by atoms with Crippen molar-refractivity contribution >= 4 is 23.2 Å². The number of para-hydroxylation sites is 1. The summed E-state index contributed by atoms with van der Waals surface area (Å²) in [7, 11) is 1.69. The second-order valence-corrected chi connectivity index (χ2v) is 10.5. The molecule has 0 aromatic heterocycles. The van der Waals surface area contributed by atoms with Gasteiger partial charge in [-0.2, -0.15) is 0 Å². The Morgan fingerprint density at radius 3 is 1.56 bits per heavy atom. The van der Waals surface area contributed by atoms with Crippen molar-refractivity contribution in [3.8, 4) is 5.75 Å². The third kappa shape index (κ3) is 7.05. The molecule has 204 valence electrons. The van der Waals surface area contributed by atoms with Crippen molar-refractivity contribution in [2.24, 2.45) is 0 Å². The number of carbonyl (C=O) groups excluding carboxylic acids is 2. The highest BCUT2D eigenvalue weighted by Gasteiger charge is 2.21. The Hall–Kier alpha value is -3.68. The van der Waals surface area contributed by atoms with Crippen LogP contribution in [0.4, 0.5) is 11.4 Å². The van der Waals surface area contributed by atoms with Crippen LogP contribution in [-0.2, 0) is 9.59 Å². The van der Waals surface area contributed by atoms with Gasteiger partial charge in [-0.15, -0.1) is 0 Å². The molecule has 7 nitrogen and oxygen atoms in total. The first-order chi connectivity index (χ1) is 19.1. The molecule has 0 radical (unpaired) electrons. The summed E-state index contributed by atoms with van der Waals surface area (Å²) in [5, 5.41) is 6.08. The Balaban J connectivity index is 1.33. The van der Waals surface area contributed by atoms with Crippen molar-refractivity contribution in [3.05, 3.63) is 89.5 Å². The summed E-state index contributed by atoms with van der Waals surface area (Å²) in [6.45, 7) is 4.85. The van der Waals surface area contributed by atoms with Crippen LogP contribution in [0.15, 0.2) is 72.8 Å². The maximum absolute atomic E-state index is 12.5. The van der Waals surface area contributed by atoms with Crippen LogP contribution in [0.3, 0.4) is 0 Å². The molecule has 2 amide bonds. The summed E-state index contributed by atoms with van der Waals surface area (Å²) >= 11 is 0. The monoisotopic (exact) mass is 526 g/mol.